The topological polar surface area (TPSA) is 59.6 Å². The van der Waals surface area contributed by atoms with Crippen LogP contribution in [-0.2, 0) is 24.2 Å². The average molecular weight is 512 g/mol. The first-order valence-corrected chi connectivity index (χ1v) is 14.5. The van der Waals surface area contributed by atoms with E-state index in [0.29, 0.717) is 11.5 Å². The molecule has 1 saturated carbocycles. The molecular formula is C32H37N3O3. The minimum Gasteiger partial charge on any atom is -0.478 e. The first-order chi connectivity index (χ1) is 18.7. The number of carboxylic acid groups (broad SMARTS) is 1. The minimum atomic E-state index is -0.853. The van der Waals surface area contributed by atoms with Gasteiger partial charge in [-0.05, 0) is 54.9 Å². The van der Waals surface area contributed by atoms with Crippen molar-refractivity contribution in [2.75, 3.05) is 32.8 Å². The predicted molar refractivity (Wildman–Crippen MR) is 151 cm³/mol. The molecule has 1 N–H and O–H groups in total. The van der Waals surface area contributed by atoms with E-state index in [2.05, 4.69) is 44.5 Å². The van der Waals surface area contributed by atoms with Crippen LogP contribution in [0.3, 0.4) is 0 Å². The van der Waals surface area contributed by atoms with Crippen LogP contribution in [0.15, 0.2) is 42.6 Å². The second-order valence-corrected chi connectivity index (χ2v) is 11.4. The molecule has 1 saturated heterocycles. The Bertz CT molecular complexity index is 1500. The summed E-state index contributed by atoms with van der Waals surface area (Å²) in [5.74, 6) is -0.328. The molecular weight excluding hydrogens is 474 g/mol. The largest absolute Gasteiger partial charge is 0.478 e. The van der Waals surface area contributed by atoms with E-state index >= 15 is 0 Å². The molecule has 3 aliphatic rings. The van der Waals surface area contributed by atoms with Crippen LogP contribution in [0.2, 0.25) is 0 Å². The molecule has 0 amide bonds. The van der Waals surface area contributed by atoms with E-state index in [1.54, 1.807) is 6.07 Å². The Hall–Kier alpha value is -3.09. The Labute approximate surface area is 223 Å². The van der Waals surface area contributed by atoms with Crippen LogP contribution in [-0.4, -0.2) is 58.0 Å². The summed E-state index contributed by atoms with van der Waals surface area (Å²) in [5.41, 5.74) is 8.35. The number of aryl methyl sites for hydroxylation is 2. The van der Waals surface area contributed by atoms with E-state index in [4.69, 9.17) is 4.74 Å². The molecule has 7 rings (SSSR count). The van der Waals surface area contributed by atoms with Crippen LogP contribution in [0, 0.1) is 0 Å². The summed E-state index contributed by atoms with van der Waals surface area (Å²) in [4.78, 5) is 14.4. The number of fused-ring (bicyclic) bond motifs is 4. The lowest BCUT2D eigenvalue weighted by Crippen LogP contribution is -2.37. The summed E-state index contributed by atoms with van der Waals surface area (Å²) in [6.07, 6.45) is 10.8. The zero-order valence-electron chi connectivity index (χ0n) is 22.1. The molecule has 1 aliphatic carbocycles. The number of rotatable bonds is 5. The second kappa shape index (κ2) is 9.90. The van der Waals surface area contributed by atoms with Gasteiger partial charge in [0.2, 0.25) is 0 Å². The van der Waals surface area contributed by atoms with Gasteiger partial charge in [-0.25, -0.2) is 4.79 Å². The van der Waals surface area contributed by atoms with Crippen molar-refractivity contribution in [2.45, 2.75) is 64.0 Å². The molecule has 4 heterocycles. The molecule has 6 nitrogen and oxygen atoms in total. The average Bonchev–Trinajstić information content (AvgIpc) is 3.47. The lowest BCUT2D eigenvalue weighted by atomic mass is 9.81. The number of benzene rings is 2. The third-order valence-corrected chi connectivity index (χ3v) is 9.18. The SMILES string of the molecule is O=C(O)c1ccc2c(C3CCCCC3)c3n(c2c1)CCCn1cc(CCN2CCOCC2)c2cccc-3c21. The van der Waals surface area contributed by atoms with E-state index in [9.17, 15) is 9.90 Å². The predicted octanol–water partition coefficient (Wildman–Crippen LogP) is 6.29. The minimum absolute atomic E-state index is 0.377. The smallest absolute Gasteiger partial charge is 0.335 e. The molecule has 2 aliphatic heterocycles. The van der Waals surface area contributed by atoms with Crippen molar-refractivity contribution in [3.8, 4) is 11.3 Å². The molecule has 2 aromatic heterocycles. The Morgan fingerprint density at radius 1 is 0.947 bits per heavy atom. The third kappa shape index (κ3) is 4.05. The van der Waals surface area contributed by atoms with Gasteiger partial charge < -0.3 is 19.0 Å². The molecule has 0 atom stereocenters. The van der Waals surface area contributed by atoms with Gasteiger partial charge in [-0.1, -0.05) is 43.5 Å². The van der Waals surface area contributed by atoms with Crippen molar-refractivity contribution < 1.29 is 14.6 Å². The van der Waals surface area contributed by atoms with Crippen molar-refractivity contribution >= 4 is 27.8 Å². The van der Waals surface area contributed by atoms with E-state index in [-0.39, 0.29) is 0 Å². The van der Waals surface area contributed by atoms with Gasteiger partial charge in [-0.2, -0.15) is 0 Å². The summed E-state index contributed by atoms with van der Waals surface area (Å²) in [7, 11) is 0. The summed E-state index contributed by atoms with van der Waals surface area (Å²) < 4.78 is 10.5. The zero-order chi connectivity index (χ0) is 25.6. The number of carboxylic acids is 1. The standard InChI is InChI=1S/C32H37N3O3/c36-32(37)23-10-11-26-28(20-23)35-14-5-13-34-21-24(12-15-33-16-18-38-19-17-33)25-8-4-9-27(30(25)34)31(35)29(26)22-6-2-1-3-7-22/h4,8-11,20-22H,1-3,5-7,12-19H2,(H,36,37). The van der Waals surface area contributed by atoms with Crippen molar-refractivity contribution in [3.05, 3.63) is 59.3 Å². The van der Waals surface area contributed by atoms with Crippen LogP contribution in [0.4, 0.5) is 0 Å². The number of ether oxygens (including phenoxy) is 1. The Kier molecular flexibility index (Phi) is 6.25. The number of nitrogens with zero attached hydrogens (tertiary/aromatic N) is 3. The summed E-state index contributed by atoms with van der Waals surface area (Å²) >= 11 is 0. The molecule has 0 spiro atoms. The first kappa shape index (κ1) is 24.0. The van der Waals surface area contributed by atoms with E-state index in [1.165, 1.54) is 70.8 Å². The number of carbonyl (C=O) groups is 1. The van der Waals surface area contributed by atoms with Crippen molar-refractivity contribution in [1.29, 1.82) is 0 Å². The highest BCUT2D eigenvalue weighted by Gasteiger charge is 2.29. The number of hydrogen-bond donors (Lipinski definition) is 1. The van der Waals surface area contributed by atoms with Gasteiger partial charge in [0.25, 0.3) is 0 Å². The summed E-state index contributed by atoms with van der Waals surface area (Å²) in [6, 6.07) is 12.7. The van der Waals surface area contributed by atoms with Crippen molar-refractivity contribution in [1.82, 2.24) is 14.0 Å². The molecule has 0 unspecified atom stereocenters. The Morgan fingerprint density at radius 2 is 1.79 bits per heavy atom. The number of morpholine rings is 1. The molecule has 198 valence electrons. The van der Waals surface area contributed by atoms with Gasteiger partial charge in [0.15, 0.2) is 0 Å². The fourth-order valence-corrected chi connectivity index (χ4v) is 7.34. The van der Waals surface area contributed by atoms with Crippen LogP contribution in [0.25, 0.3) is 33.1 Å². The van der Waals surface area contributed by atoms with Gasteiger partial charge in [0.1, 0.15) is 0 Å². The maximum atomic E-state index is 11.9. The summed E-state index contributed by atoms with van der Waals surface area (Å²) in [5, 5.41) is 12.4. The van der Waals surface area contributed by atoms with Crippen molar-refractivity contribution in [3.63, 3.8) is 0 Å². The van der Waals surface area contributed by atoms with Gasteiger partial charge in [-0.15, -0.1) is 0 Å². The fraction of sp³-hybridized carbons (Fsp3) is 0.469. The highest BCUT2D eigenvalue weighted by molar-refractivity contribution is 6.03. The Morgan fingerprint density at radius 3 is 2.61 bits per heavy atom. The molecule has 2 fully saturated rings. The van der Waals surface area contributed by atoms with Gasteiger partial charge >= 0.3 is 5.97 Å². The number of hydrogen-bond acceptors (Lipinski definition) is 3. The van der Waals surface area contributed by atoms with E-state index in [1.807, 2.05) is 6.07 Å². The highest BCUT2D eigenvalue weighted by Crippen LogP contribution is 2.47. The molecule has 6 heteroatoms. The quantitative estimate of drug-likeness (QED) is 0.342. The fourth-order valence-electron chi connectivity index (χ4n) is 7.34. The van der Waals surface area contributed by atoms with Crippen LogP contribution in [0.1, 0.15) is 65.9 Å². The van der Waals surface area contributed by atoms with Crippen molar-refractivity contribution in [2.24, 2.45) is 0 Å². The van der Waals surface area contributed by atoms with Gasteiger partial charge in [0, 0.05) is 60.8 Å². The van der Waals surface area contributed by atoms with Crippen LogP contribution in [0.5, 0.6) is 0 Å². The molecule has 4 aromatic rings. The van der Waals surface area contributed by atoms with E-state index < -0.39 is 5.97 Å². The van der Waals surface area contributed by atoms with Crippen LogP contribution >= 0.6 is 0 Å². The lowest BCUT2D eigenvalue weighted by Gasteiger charge is -2.26. The Balaban J connectivity index is 1.41. The van der Waals surface area contributed by atoms with Gasteiger partial charge in [0.05, 0.1) is 30.0 Å². The maximum Gasteiger partial charge on any atom is 0.335 e. The maximum absolute atomic E-state index is 11.9. The number of para-hydroxylation sites is 1. The number of aromatic nitrogens is 2. The summed E-state index contributed by atoms with van der Waals surface area (Å²) in [6.45, 7) is 6.66. The van der Waals surface area contributed by atoms with E-state index in [0.717, 1.165) is 64.3 Å². The molecule has 2 aromatic carbocycles. The third-order valence-electron chi connectivity index (χ3n) is 9.18. The first-order valence-electron chi connectivity index (χ1n) is 14.5. The van der Waals surface area contributed by atoms with Gasteiger partial charge in [-0.3, -0.25) is 4.90 Å². The second-order valence-electron chi connectivity index (χ2n) is 11.4. The monoisotopic (exact) mass is 511 g/mol. The molecule has 0 bridgehead atoms. The zero-order valence-corrected chi connectivity index (χ0v) is 22.1. The normalized spacial score (nSPS) is 18.9. The lowest BCUT2D eigenvalue weighted by molar-refractivity contribution is 0.0385. The highest BCUT2D eigenvalue weighted by atomic mass is 16.5. The number of aromatic carboxylic acids is 1. The van der Waals surface area contributed by atoms with Crippen LogP contribution < -0.4 is 0 Å². The molecule has 0 radical (unpaired) electrons. The molecule has 38 heavy (non-hydrogen) atoms.